The van der Waals surface area contributed by atoms with Crippen molar-refractivity contribution in [3.63, 3.8) is 0 Å². The molecule has 0 saturated carbocycles. The SMILES string of the molecule is CC1(C)CC2(C=NCCN2)CCS1. The van der Waals surface area contributed by atoms with Gasteiger partial charge in [-0.1, -0.05) is 13.8 Å². The smallest absolute Gasteiger partial charge is 0.0555 e. The van der Waals surface area contributed by atoms with Crippen LogP contribution in [-0.2, 0) is 0 Å². The van der Waals surface area contributed by atoms with Crippen molar-refractivity contribution in [2.45, 2.75) is 37.0 Å². The molecule has 0 aromatic carbocycles. The normalized spacial score (nSPS) is 38.0. The summed E-state index contributed by atoms with van der Waals surface area (Å²) in [5.74, 6) is 1.26. The summed E-state index contributed by atoms with van der Waals surface area (Å²) >= 11 is 2.09. The van der Waals surface area contributed by atoms with Crippen LogP contribution in [0.4, 0.5) is 0 Å². The van der Waals surface area contributed by atoms with Crippen LogP contribution in [0.25, 0.3) is 0 Å². The molecule has 2 aliphatic rings. The van der Waals surface area contributed by atoms with E-state index >= 15 is 0 Å². The Bertz CT molecular complexity index is 225. The van der Waals surface area contributed by atoms with Crippen LogP contribution in [0.1, 0.15) is 26.7 Å². The van der Waals surface area contributed by atoms with Gasteiger partial charge in [-0.05, 0) is 18.6 Å². The van der Waals surface area contributed by atoms with Crippen LogP contribution >= 0.6 is 11.8 Å². The highest BCUT2D eigenvalue weighted by atomic mass is 32.2. The minimum atomic E-state index is 0.229. The third kappa shape index (κ3) is 2.08. The van der Waals surface area contributed by atoms with Crippen molar-refractivity contribution in [1.29, 1.82) is 0 Å². The van der Waals surface area contributed by atoms with E-state index in [9.17, 15) is 0 Å². The van der Waals surface area contributed by atoms with Gasteiger partial charge in [0.2, 0.25) is 0 Å². The van der Waals surface area contributed by atoms with E-state index in [2.05, 4.69) is 42.1 Å². The molecule has 74 valence electrons. The molecule has 1 unspecified atom stereocenters. The summed E-state index contributed by atoms with van der Waals surface area (Å²) in [6.45, 7) is 6.68. The van der Waals surface area contributed by atoms with Gasteiger partial charge in [-0.15, -0.1) is 0 Å². The Hall–Kier alpha value is -0.0200. The van der Waals surface area contributed by atoms with Crippen molar-refractivity contribution in [2.24, 2.45) is 4.99 Å². The van der Waals surface area contributed by atoms with Gasteiger partial charge in [-0.2, -0.15) is 11.8 Å². The first-order chi connectivity index (χ1) is 6.12. The molecule has 2 nitrogen and oxygen atoms in total. The lowest BCUT2D eigenvalue weighted by atomic mass is 9.85. The van der Waals surface area contributed by atoms with Crippen molar-refractivity contribution >= 4 is 18.0 Å². The lowest BCUT2D eigenvalue weighted by molar-refractivity contribution is 0.350. The van der Waals surface area contributed by atoms with E-state index in [4.69, 9.17) is 0 Å². The van der Waals surface area contributed by atoms with Crippen molar-refractivity contribution in [3.8, 4) is 0 Å². The van der Waals surface area contributed by atoms with Gasteiger partial charge in [0.05, 0.1) is 12.1 Å². The lowest BCUT2D eigenvalue weighted by Crippen LogP contribution is -2.56. The van der Waals surface area contributed by atoms with E-state index in [0.717, 1.165) is 13.1 Å². The zero-order chi connectivity index (χ0) is 9.36. The molecule has 0 radical (unpaired) electrons. The largest absolute Gasteiger partial charge is 0.305 e. The highest BCUT2D eigenvalue weighted by Gasteiger charge is 2.39. The first-order valence-corrected chi connectivity index (χ1v) is 6.01. The molecule has 0 bridgehead atoms. The molecule has 0 amide bonds. The van der Waals surface area contributed by atoms with Crippen LogP contribution < -0.4 is 5.32 Å². The molecule has 1 fully saturated rings. The summed E-state index contributed by atoms with van der Waals surface area (Å²) in [5.41, 5.74) is 0.229. The second kappa shape index (κ2) is 3.28. The molecule has 3 heteroatoms. The van der Waals surface area contributed by atoms with Crippen LogP contribution in [0.3, 0.4) is 0 Å². The summed E-state index contributed by atoms with van der Waals surface area (Å²) in [6, 6.07) is 0. The standard InChI is InChI=1S/C10H18N2S/c1-9(2)7-10(3-6-13-9)8-11-4-5-12-10/h8,12H,3-7H2,1-2H3. The Morgan fingerprint density at radius 3 is 2.92 bits per heavy atom. The molecular weight excluding hydrogens is 180 g/mol. The molecular formula is C10H18N2S. The van der Waals surface area contributed by atoms with Crippen LogP contribution in [0.15, 0.2) is 4.99 Å². The summed E-state index contributed by atoms with van der Waals surface area (Å²) in [6.07, 6.45) is 4.62. The Labute approximate surface area is 84.6 Å². The van der Waals surface area contributed by atoms with Crippen molar-refractivity contribution in [1.82, 2.24) is 5.32 Å². The fourth-order valence-corrected chi connectivity index (χ4v) is 3.70. The molecule has 2 aliphatic heterocycles. The van der Waals surface area contributed by atoms with Gasteiger partial charge in [0, 0.05) is 17.5 Å². The number of aliphatic imine (C=N–C) groups is 1. The predicted octanol–water partition coefficient (Wildman–Crippen LogP) is 1.70. The highest BCUT2D eigenvalue weighted by Crippen LogP contribution is 2.40. The molecule has 0 aromatic rings. The maximum Gasteiger partial charge on any atom is 0.0555 e. The van der Waals surface area contributed by atoms with Crippen LogP contribution in [-0.4, -0.2) is 35.3 Å². The van der Waals surface area contributed by atoms with Gasteiger partial charge < -0.3 is 5.32 Å². The predicted molar refractivity (Wildman–Crippen MR) is 59.9 cm³/mol. The van der Waals surface area contributed by atoms with E-state index in [1.807, 2.05) is 0 Å². The van der Waals surface area contributed by atoms with E-state index in [0.29, 0.717) is 4.75 Å². The average Bonchev–Trinajstić information content (AvgIpc) is 2.03. The number of hydrogen-bond donors (Lipinski definition) is 1. The van der Waals surface area contributed by atoms with E-state index in [1.54, 1.807) is 0 Å². The second-order valence-corrected chi connectivity index (χ2v) is 6.46. The quantitative estimate of drug-likeness (QED) is 0.641. The van der Waals surface area contributed by atoms with E-state index < -0.39 is 0 Å². The zero-order valence-electron chi connectivity index (χ0n) is 8.47. The third-order valence-electron chi connectivity index (χ3n) is 2.84. The van der Waals surface area contributed by atoms with Gasteiger partial charge in [-0.25, -0.2) is 0 Å². The maximum absolute atomic E-state index is 4.42. The number of nitrogens with zero attached hydrogens (tertiary/aromatic N) is 1. The van der Waals surface area contributed by atoms with Gasteiger partial charge in [0.25, 0.3) is 0 Å². The average molecular weight is 198 g/mol. The van der Waals surface area contributed by atoms with Crippen molar-refractivity contribution in [2.75, 3.05) is 18.8 Å². The van der Waals surface area contributed by atoms with E-state index in [-0.39, 0.29) is 5.54 Å². The number of rotatable bonds is 0. The van der Waals surface area contributed by atoms with Crippen LogP contribution in [0, 0.1) is 0 Å². The monoisotopic (exact) mass is 198 g/mol. The third-order valence-corrected chi connectivity index (χ3v) is 4.17. The molecule has 2 rings (SSSR count). The van der Waals surface area contributed by atoms with Gasteiger partial charge in [-0.3, -0.25) is 4.99 Å². The molecule has 1 spiro atoms. The van der Waals surface area contributed by atoms with E-state index in [1.165, 1.54) is 18.6 Å². The summed E-state index contributed by atoms with van der Waals surface area (Å²) in [7, 11) is 0. The molecule has 1 N–H and O–H groups in total. The zero-order valence-corrected chi connectivity index (χ0v) is 9.28. The van der Waals surface area contributed by atoms with Crippen LogP contribution in [0.5, 0.6) is 0 Å². The van der Waals surface area contributed by atoms with Gasteiger partial charge in [0.1, 0.15) is 0 Å². The topological polar surface area (TPSA) is 24.4 Å². The van der Waals surface area contributed by atoms with Gasteiger partial charge in [0.15, 0.2) is 0 Å². The fraction of sp³-hybridized carbons (Fsp3) is 0.900. The summed E-state index contributed by atoms with van der Waals surface area (Å²) in [5, 5.41) is 3.63. The molecule has 0 aromatic heterocycles. The fourth-order valence-electron chi connectivity index (χ4n) is 2.32. The molecule has 1 atom stereocenters. The Morgan fingerprint density at radius 2 is 2.31 bits per heavy atom. The number of nitrogens with one attached hydrogen (secondary N) is 1. The van der Waals surface area contributed by atoms with Crippen LogP contribution in [0.2, 0.25) is 0 Å². The molecule has 13 heavy (non-hydrogen) atoms. The minimum absolute atomic E-state index is 0.229. The molecule has 0 aliphatic carbocycles. The second-order valence-electron chi connectivity index (χ2n) is 4.65. The lowest BCUT2D eigenvalue weighted by Gasteiger charge is -2.44. The van der Waals surface area contributed by atoms with Gasteiger partial charge >= 0.3 is 0 Å². The first-order valence-electron chi connectivity index (χ1n) is 5.02. The minimum Gasteiger partial charge on any atom is -0.305 e. The Morgan fingerprint density at radius 1 is 1.46 bits per heavy atom. The summed E-state index contributed by atoms with van der Waals surface area (Å²) < 4.78 is 0.411. The Balaban J connectivity index is 2.13. The van der Waals surface area contributed by atoms with Crippen molar-refractivity contribution < 1.29 is 0 Å². The molecule has 2 heterocycles. The van der Waals surface area contributed by atoms with Crippen molar-refractivity contribution in [3.05, 3.63) is 0 Å². The maximum atomic E-state index is 4.42. The first kappa shape index (κ1) is 9.53. The Kier molecular flexibility index (Phi) is 2.41. The summed E-state index contributed by atoms with van der Waals surface area (Å²) in [4.78, 5) is 4.42. The highest BCUT2D eigenvalue weighted by molar-refractivity contribution is 8.00. The molecule has 1 saturated heterocycles. The number of thioether (sulfide) groups is 1. The number of hydrogen-bond acceptors (Lipinski definition) is 3.